The van der Waals surface area contributed by atoms with Gasteiger partial charge in [-0.2, -0.15) is 0 Å². The molecule has 0 heterocycles. The van der Waals surface area contributed by atoms with Crippen molar-refractivity contribution in [3.05, 3.63) is 29.8 Å². The normalized spacial score (nSPS) is 10.3. The summed E-state index contributed by atoms with van der Waals surface area (Å²) in [5.41, 5.74) is 6.78. The van der Waals surface area contributed by atoms with Gasteiger partial charge in [0, 0.05) is 12.2 Å². The van der Waals surface area contributed by atoms with E-state index in [2.05, 4.69) is 19.2 Å². The molecule has 1 aromatic carbocycles. The summed E-state index contributed by atoms with van der Waals surface area (Å²) in [7, 11) is 0. The topological polar surface area (TPSA) is 55.1 Å². The predicted octanol–water partition coefficient (Wildman–Crippen LogP) is 2.04. The number of hydrogen-bond donors (Lipinski definition) is 2. The Bertz CT molecular complexity index is 334. The van der Waals surface area contributed by atoms with Gasteiger partial charge in [0.25, 0.3) is 5.91 Å². The first-order valence-electron chi connectivity index (χ1n) is 5.24. The minimum atomic E-state index is -0.0891. The lowest BCUT2D eigenvalue weighted by Gasteiger charge is -2.08. The van der Waals surface area contributed by atoms with Gasteiger partial charge in [-0.1, -0.05) is 26.0 Å². The fourth-order valence-corrected chi connectivity index (χ4v) is 1.27. The van der Waals surface area contributed by atoms with Crippen molar-refractivity contribution in [1.82, 2.24) is 5.32 Å². The van der Waals surface area contributed by atoms with Crippen LogP contribution in [-0.4, -0.2) is 12.5 Å². The molecule has 0 aliphatic rings. The second-order valence-electron chi connectivity index (χ2n) is 4.03. The van der Waals surface area contributed by atoms with Crippen molar-refractivity contribution in [2.24, 2.45) is 5.92 Å². The fourth-order valence-electron chi connectivity index (χ4n) is 1.27. The van der Waals surface area contributed by atoms with E-state index < -0.39 is 0 Å². The van der Waals surface area contributed by atoms with Crippen molar-refractivity contribution in [1.29, 1.82) is 0 Å². The van der Waals surface area contributed by atoms with Gasteiger partial charge in [-0.25, -0.2) is 0 Å². The Balaban J connectivity index is 2.51. The van der Waals surface area contributed by atoms with Crippen LogP contribution in [0.2, 0.25) is 0 Å². The molecule has 3 N–H and O–H groups in total. The van der Waals surface area contributed by atoms with Gasteiger partial charge in [0.15, 0.2) is 0 Å². The molecule has 0 saturated carbocycles. The fraction of sp³-hybridized carbons (Fsp3) is 0.417. The minimum absolute atomic E-state index is 0.0891. The molecule has 3 heteroatoms. The summed E-state index contributed by atoms with van der Waals surface area (Å²) in [6.07, 6.45) is 0.985. The Labute approximate surface area is 90.7 Å². The number of nitrogens with one attached hydrogen (secondary N) is 1. The number of benzene rings is 1. The van der Waals surface area contributed by atoms with Crippen LogP contribution in [0.25, 0.3) is 0 Å². The van der Waals surface area contributed by atoms with E-state index in [1.54, 1.807) is 12.1 Å². The zero-order valence-corrected chi connectivity index (χ0v) is 9.29. The molecule has 0 aliphatic heterocycles. The molecule has 0 aliphatic carbocycles. The molecule has 0 fully saturated rings. The molecule has 0 radical (unpaired) electrons. The average molecular weight is 206 g/mol. The van der Waals surface area contributed by atoms with Crippen molar-refractivity contribution >= 4 is 11.6 Å². The van der Waals surface area contributed by atoms with Gasteiger partial charge in [0.2, 0.25) is 0 Å². The van der Waals surface area contributed by atoms with E-state index in [9.17, 15) is 4.79 Å². The smallest absolute Gasteiger partial charge is 0.253 e. The molecule has 0 atom stereocenters. The molecular formula is C12H18N2O. The highest BCUT2D eigenvalue weighted by molar-refractivity contribution is 5.98. The third-order valence-corrected chi connectivity index (χ3v) is 2.21. The summed E-state index contributed by atoms with van der Waals surface area (Å²) in [6.45, 7) is 4.96. The van der Waals surface area contributed by atoms with Crippen LogP contribution in [0.15, 0.2) is 24.3 Å². The van der Waals surface area contributed by atoms with Crippen molar-refractivity contribution in [2.45, 2.75) is 20.3 Å². The monoisotopic (exact) mass is 206 g/mol. The molecule has 1 rings (SSSR count). The molecule has 0 saturated heterocycles. The largest absolute Gasteiger partial charge is 0.398 e. The molecule has 0 unspecified atom stereocenters. The van der Waals surface area contributed by atoms with Crippen LogP contribution in [-0.2, 0) is 0 Å². The predicted molar refractivity (Wildman–Crippen MR) is 62.6 cm³/mol. The van der Waals surface area contributed by atoms with Crippen molar-refractivity contribution in [2.75, 3.05) is 12.3 Å². The van der Waals surface area contributed by atoms with Gasteiger partial charge in [-0.3, -0.25) is 4.79 Å². The molecule has 0 bridgehead atoms. The first-order valence-corrected chi connectivity index (χ1v) is 5.24. The highest BCUT2D eigenvalue weighted by atomic mass is 16.1. The number of anilines is 1. The summed E-state index contributed by atoms with van der Waals surface area (Å²) in [4.78, 5) is 11.7. The van der Waals surface area contributed by atoms with Crippen molar-refractivity contribution < 1.29 is 4.79 Å². The van der Waals surface area contributed by atoms with Crippen LogP contribution in [0.3, 0.4) is 0 Å². The van der Waals surface area contributed by atoms with Gasteiger partial charge >= 0.3 is 0 Å². The number of rotatable bonds is 4. The maximum atomic E-state index is 11.7. The summed E-state index contributed by atoms with van der Waals surface area (Å²) in [5.74, 6) is 0.507. The maximum absolute atomic E-state index is 11.7. The van der Waals surface area contributed by atoms with E-state index in [0.29, 0.717) is 23.7 Å². The molecule has 15 heavy (non-hydrogen) atoms. The third kappa shape index (κ3) is 3.62. The molecular weight excluding hydrogens is 188 g/mol. The lowest BCUT2D eigenvalue weighted by molar-refractivity contribution is 0.0953. The Morgan fingerprint density at radius 1 is 1.40 bits per heavy atom. The maximum Gasteiger partial charge on any atom is 0.253 e. The van der Waals surface area contributed by atoms with Gasteiger partial charge in [0.1, 0.15) is 0 Å². The summed E-state index contributed by atoms with van der Waals surface area (Å²) in [6, 6.07) is 7.10. The van der Waals surface area contributed by atoms with Crippen molar-refractivity contribution in [3.8, 4) is 0 Å². The number of nitrogens with two attached hydrogens (primary N) is 1. The van der Waals surface area contributed by atoms with Crippen molar-refractivity contribution in [3.63, 3.8) is 0 Å². The van der Waals surface area contributed by atoms with Gasteiger partial charge in [-0.15, -0.1) is 0 Å². The Kier molecular flexibility index (Phi) is 4.16. The second kappa shape index (κ2) is 5.39. The van der Waals surface area contributed by atoms with E-state index in [0.717, 1.165) is 6.42 Å². The van der Waals surface area contributed by atoms with Crippen LogP contribution < -0.4 is 11.1 Å². The Morgan fingerprint density at radius 3 is 2.67 bits per heavy atom. The molecule has 1 aromatic rings. The Morgan fingerprint density at radius 2 is 2.07 bits per heavy atom. The van der Waals surface area contributed by atoms with E-state index in [4.69, 9.17) is 5.73 Å². The molecule has 0 spiro atoms. The van der Waals surface area contributed by atoms with Gasteiger partial charge in [0.05, 0.1) is 5.56 Å². The first kappa shape index (κ1) is 11.6. The van der Waals surface area contributed by atoms with E-state index >= 15 is 0 Å². The van der Waals surface area contributed by atoms with Gasteiger partial charge < -0.3 is 11.1 Å². The highest BCUT2D eigenvalue weighted by Crippen LogP contribution is 2.09. The zero-order chi connectivity index (χ0) is 11.3. The molecule has 0 aromatic heterocycles. The summed E-state index contributed by atoms with van der Waals surface area (Å²) >= 11 is 0. The number of nitrogen functional groups attached to an aromatic ring is 1. The quantitative estimate of drug-likeness (QED) is 0.741. The van der Waals surface area contributed by atoms with Gasteiger partial charge in [-0.05, 0) is 24.5 Å². The number of carbonyl (C=O) groups excluding carboxylic acids is 1. The van der Waals surface area contributed by atoms with Crippen LogP contribution in [0.1, 0.15) is 30.6 Å². The van der Waals surface area contributed by atoms with E-state index in [1.165, 1.54) is 0 Å². The zero-order valence-electron chi connectivity index (χ0n) is 9.29. The lowest BCUT2D eigenvalue weighted by Crippen LogP contribution is -2.26. The standard InChI is InChI=1S/C12H18N2O/c1-9(2)7-8-14-12(15)10-5-3-4-6-11(10)13/h3-6,9H,7-8,13H2,1-2H3,(H,14,15). The number of amides is 1. The number of carbonyl (C=O) groups is 1. The minimum Gasteiger partial charge on any atom is -0.398 e. The SMILES string of the molecule is CC(C)CCNC(=O)c1ccccc1N. The lowest BCUT2D eigenvalue weighted by atomic mass is 10.1. The number of para-hydroxylation sites is 1. The number of hydrogen-bond acceptors (Lipinski definition) is 2. The van der Waals surface area contributed by atoms with Crippen LogP contribution >= 0.6 is 0 Å². The molecule has 82 valence electrons. The summed E-state index contributed by atoms with van der Waals surface area (Å²) in [5, 5.41) is 2.85. The average Bonchev–Trinajstić information content (AvgIpc) is 2.17. The molecule has 3 nitrogen and oxygen atoms in total. The second-order valence-corrected chi connectivity index (χ2v) is 4.03. The van der Waals surface area contributed by atoms with E-state index in [1.807, 2.05) is 12.1 Å². The third-order valence-electron chi connectivity index (χ3n) is 2.21. The van der Waals surface area contributed by atoms with Crippen LogP contribution in [0, 0.1) is 5.92 Å². The molecule has 1 amide bonds. The van der Waals surface area contributed by atoms with Crippen LogP contribution in [0.4, 0.5) is 5.69 Å². The Hall–Kier alpha value is -1.51. The van der Waals surface area contributed by atoms with Crippen LogP contribution in [0.5, 0.6) is 0 Å². The summed E-state index contributed by atoms with van der Waals surface area (Å²) < 4.78 is 0. The highest BCUT2D eigenvalue weighted by Gasteiger charge is 2.07. The first-order chi connectivity index (χ1) is 7.11. The van der Waals surface area contributed by atoms with E-state index in [-0.39, 0.29) is 5.91 Å².